The summed E-state index contributed by atoms with van der Waals surface area (Å²) in [7, 11) is 0. The first kappa shape index (κ1) is 12.2. The highest BCUT2D eigenvalue weighted by atomic mass is 19.3. The first-order chi connectivity index (χ1) is 6.66. The van der Waals surface area contributed by atoms with E-state index in [-0.39, 0.29) is 0 Å². The van der Waals surface area contributed by atoms with Gasteiger partial charge in [0.1, 0.15) is 6.04 Å². The maximum atomic E-state index is 12.6. The summed E-state index contributed by atoms with van der Waals surface area (Å²) >= 11 is 0. The summed E-state index contributed by atoms with van der Waals surface area (Å²) in [5.41, 5.74) is 5.04. The van der Waals surface area contributed by atoms with E-state index in [1.54, 1.807) is 0 Å². The molecule has 1 heterocycles. The molecule has 0 radical (unpaired) electrons. The maximum Gasteiger partial charge on any atom is 0.323 e. The number of carbonyl (C=O) groups is 1. The van der Waals surface area contributed by atoms with Crippen LogP contribution in [0.15, 0.2) is 0 Å². The average Bonchev–Trinajstić information content (AvgIpc) is 2.19. The third-order valence-corrected chi connectivity index (χ3v) is 2.15. The number of hydrogen-bond acceptors (Lipinski definition) is 3. The highest BCUT2D eigenvalue weighted by molar-refractivity contribution is 5.73. The summed E-state index contributed by atoms with van der Waals surface area (Å²) in [6.07, 6.45) is 0. The Labute approximate surface area is 82.6 Å². The normalized spacial score (nSPS) is 26.5. The molecule has 0 amide bonds. The van der Waals surface area contributed by atoms with Gasteiger partial charge in [-0.3, -0.25) is 9.69 Å². The molecule has 0 aromatic rings. The number of carboxylic acid groups (broad SMARTS) is 1. The summed E-state index contributed by atoms with van der Waals surface area (Å²) in [6, 6.07) is -1.44. The predicted octanol–water partition coefficient (Wildman–Crippen LogP) is -0.0155. The van der Waals surface area contributed by atoms with E-state index in [1.807, 2.05) is 0 Å². The monoisotopic (exact) mass is 230 g/mol. The summed E-state index contributed by atoms with van der Waals surface area (Å²) < 4.78 is 50.6. The minimum Gasteiger partial charge on any atom is -0.480 e. The van der Waals surface area contributed by atoms with Crippen molar-refractivity contribution in [2.45, 2.75) is 17.9 Å². The third-order valence-electron chi connectivity index (χ3n) is 2.15. The number of nitrogens with zero attached hydrogens (tertiary/aromatic N) is 1. The van der Waals surface area contributed by atoms with Gasteiger partial charge in [0.25, 0.3) is 0 Å². The molecule has 88 valence electrons. The van der Waals surface area contributed by atoms with Gasteiger partial charge in [0.2, 0.25) is 0 Å². The molecule has 8 heteroatoms. The third kappa shape index (κ3) is 2.37. The zero-order valence-electron chi connectivity index (χ0n) is 7.59. The second-order valence-corrected chi connectivity index (χ2v) is 3.52. The molecule has 0 saturated carbocycles. The van der Waals surface area contributed by atoms with Crippen LogP contribution in [0.1, 0.15) is 0 Å². The lowest BCUT2D eigenvalue weighted by Crippen LogP contribution is -2.42. The lowest BCUT2D eigenvalue weighted by Gasteiger charge is -2.16. The Balaban J connectivity index is 2.60. The maximum absolute atomic E-state index is 12.6. The van der Waals surface area contributed by atoms with Crippen LogP contribution in [0.25, 0.3) is 0 Å². The van der Waals surface area contributed by atoms with E-state index in [2.05, 4.69) is 0 Å². The van der Waals surface area contributed by atoms with Gasteiger partial charge in [-0.1, -0.05) is 0 Å². The lowest BCUT2D eigenvalue weighted by molar-refractivity contribution is -0.172. The van der Waals surface area contributed by atoms with E-state index >= 15 is 0 Å². The Morgan fingerprint density at radius 3 is 2.07 bits per heavy atom. The largest absolute Gasteiger partial charge is 0.480 e. The number of nitrogens with two attached hydrogens (primary N) is 1. The second kappa shape index (κ2) is 3.60. The number of likely N-dealkylation sites (tertiary alicyclic amines) is 1. The lowest BCUT2D eigenvalue weighted by atomic mass is 10.2. The number of aliphatic carboxylic acids is 1. The van der Waals surface area contributed by atoms with E-state index in [4.69, 9.17) is 10.8 Å². The molecule has 0 aliphatic carbocycles. The molecule has 1 aliphatic rings. The smallest absolute Gasteiger partial charge is 0.323 e. The van der Waals surface area contributed by atoms with E-state index in [0.717, 1.165) is 0 Å². The molecule has 1 unspecified atom stereocenters. The Kier molecular flexibility index (Phi) is 2.92. The first-order valence-electron chi connectivity index (χ1n) is 4.12. The van der Waals surface area contributed by atoms with Gasteiger partial charge < -0.3 is 10.8 Å². The second-order valence-electron chi connectivity index (χ2n) is 3.52. The van der Waals surface area contributed by atoms with Crippen LogP contribution >= 0.6 is 0 Å². The van der Waals surface area contributed by atoms with Gasteiger partial charge in [-0.15, -0.1) is 0 Å². The average molecular weight is 230 g/mol. The molecular weight excluding hydrogens is 220 g/mol. The van der Waals surface area contributed by atoms with E-state index in [0.29, 0.717) is 4.90 Å². The molecule has 1 fully saturated rings. The predicted molar refractivity (Wildman–Crippen MR) is 41.9 cm³/mol. The highest BCUT2D eigenvalue weighted by Crippen LogP contribution is 2.40. The van der Waals surface area contributed by atoms with E-state index < -0.39 is 43.5 Å². The topological polar surface area (TPSA) is 66.6 Å². The summed E-state index contributed by atoms with van der Waals surface area (Å²) in [4.78, 5) is 10.9. The fourth-order valence-electron chi connectivity index (χ4n) is 1.33. The van der Waals surface area contributed by atoms with Gasteiger partial charge in [0, 0.05) is 6.54 Å². The Morgan fingerprint density at radius 1 is 1.33 bits per heavy atom. The van der Waals surface area contributed by atoms with Crippen LogP contribution in [0.2, 0.25) is 0 Å². The first-order valence-corrected chi connectivity index (χ1v) is 4.12. The summed E-state index contributed by atoms with van der Waals surface area (Å²) in [6.45, 7) is -2.84. The quantitative estimate of drug-likeness (QED) is 0.669. The van der Waals surface area contributed by atoms with Crippen molar-refractivity contribution in [3.63, 3.8) is 0 Å². The van der Waals surface area contributed by atoms with Crippen LogP contribution < -0.4 is 5.73 Å². The van der Waals surface area contributed by atoms with Gasteiger partial charge >= 0.3 is 17.8 Å². The van der Waals surface area contributed by atoms with Crippen molar-refractivity contribution in [3.05, 3.63) is 0 Å². The molecule has 0 aromatic heterocycles. The zero-order valence-corrected chi connectivity index (χ0v) is 7.59. The van der Waals surface area contributed by atoms with Crippen molar-refractivity contribution in [2.24, 2.45) is 5.73 Å². The van der Waals surface area contributed by atoms with Gasteiger partial charge in [0.05, 0.1) is 13.1 Å². The molecule has 3 N–H and O–H groups in total. The van der Waals surface area contributed by atoms with E-state index in [1.165, 1.54) is 0 Å². The van der Waals surface area contributed by atoms with Crippen molar-refractivity contribution >= 4 is 5.97 Å². The number of carboxylic acids is 1. The highest BCUT2D eigenvalue weighted by Gasteiger charge is 2.62. The molecule has 15 heavy (non-hydrogen) atoms. The standard InChI is InChI=1S/C7H10F4N2O2/c8-6(9)2-13(3-7(6,10)11)1-4(12)5(14)15/h4H,1-3,12H2,(H,14,15). The molecular formula is C7H10F4N2O2. The zero-order chi connectivity index (χ0) is 11.9. The Morgan fingerprint density at radius 2 is 1.73 bits per heavy atom. The molecule has 0 aromatic carbocycles. The van der Waals surface area contributed by atoms with Crippen LogP contribution in [-0.4, -0.2) is 53.5 Å². The Bertz CT molecular complexity index is 256. The SMILES string of the molecule is NC(CN1CC(F)(F)C(F)(F)C1)C(=O)O. The molecule has 1 atom stereocenters. The summed E-state index contributed by atoms with van der Waals surface area (Å²) in [5.74, 6) is -9.65. The number of hydrogen-bond donors (Lipinski definition) is 2. The number of rotatable bonds is 3. The molecule has 0 spiro atoms. The van der Waals surface area contributed by atoms with Crippen LogP contribution in [-0.2, 0) is 4.79 Å². The molecule has 1 saturated heterocycles. The molecule has 4 nitrogen and oxygen atoms in total. The van der Waals surface area contributed by atoms with Crippen molar-refractivity contribution in [1.29, 1.82) is 0 Å². The van der Waals surface area contributed by atoms with Gasteiger partial charge in [-0.25, -0.2) is 0 Å². The molecule has 1 rings (SSSR count). The van der Waals surface area contributed by atoms with E-state index in [9.17, 15) is 22.4 Å². The van der Waals surface area contributed by atoms with Crippen molar-refractivity contribution in [2.75, 3.05) is 19.6 Å². The summed E-state index contributed by atoms with van der Waals surface area (Å²) in [5, 5.41) is 8.38. The van der Waals surface area contributed by atoms with Crippen molar-refractivity contribution in [3.8, 4) is 0 Å². The van der Waals surface area contributed by atoms with Crippen molar-refractivity contribution in [1.82, 2.24) is 4.90 Å². The van der Waals surface area contributed by atoms with Crippen molar-refractivity contribution < 1.29 is 27.5 Å². The van der Waals surface area contributed by atoms with Crippen LogP contribution in [0.4, 0.5) is 17.6 Å². The molecule has 1 aliphatic heterocycles. The van der Waals surface area contributed by atoms with Crippen LogP contribution in [0.3, 0.4) is 0 Å². The number of halogens is 4. The van der Waals surface area contributed by atoms with Gasteiger partial charge in [-0.05, 0) is 0 Å². The van der Waals surface area contributed by atoms with Gasteiger partial charge in [0.15, 0.2) is 0 Å². The minimum atomic E-state index is -4.12. The van der Waals surface area contributed by atoms with Gasteiger partial charge in [-0.2, -0.15) is 17.6 Å². The van der Waals surface area contributed by atoms with Crippen LogP contribution in [0, 0.1) is 0 Å². The molecule has 0 bridgehead atoms. The fourth-order valence-corrected chi connectivity index (χ4v) is 1.33. The van der Waals surface area contributed by atoms with Crippen LogP contribution in [0.5, 0.6) is 0 Å². The minimum absolute atomic E-state index is 0.513. The fraction of sp³-hybridized carbons (Fsp3) is 0.857. The Hall–Kier alpha value is -0.890. The number of alkyl halides is 4.